The molecule has 4 rings (SSSR count). The van der Waals surface area contributed by atoms with E-state index in [1.807, 2.05) is 30.9 Å². The van der Waals surface area contributed by atoms with Gasteiger partial charge in [0.05, 0.1) is 18.8 Å². The lowest BCUT2D eigenvalue weighted by atomic mass is 10.1. The van der Waals surface area contributed by atoms with E-state index in [2.05, 4.69) is 50.7 Å². The highest BCUT2D eigenvalue weighted by atomic mass is 16.5. The Morgan fingerprint density at radius 3 is 2.77 bits per heavy atom. The maximum Gasteiger partial charge on any atom is 0.151 e. The molecule has 0 saturated heterocycles. The number of hydrogen-bond acceptors (Lipinski definition) is 6. The molecule has 0 radical (unpaired) electrons. The van der Waals surface area contributed by atoms with Crippen molar-refractivity contribution in [1.29, 1.82) is 0 Å². The summed E-state index contributed by atoms with van der Waals surface area (Å²) in [5, 5.41) is 17.3. The third-order valence-electron chi connectivity index (χ3n) is 5.29. The second-order valence-electron chi connectivity index (χ2n) is 7.31. The van der Waals surface area contributed by atoms with Gasteiger partial charge in [-0.1, -0.05) is 19.0 Å². The number of aryl methyl sites for hydroxylation is 1. The van der Waals surface area contributed by atoms with Gasteiger partial charge in [0.15, 0.2) is 5.76 Å². The van der Waals surface area contributed by atoms with E-state index in [0.29, 0.717) is 12.5 Å². The van der Waals surface area contributed by atoms with E-state index in [4.69, 9.17) is 4.52 Å². The number of nitrogens with zero attached hydrogens (tertiary/aromatic N) is 7. The zero-order valence-electron chi connectivity index (χ0n) is 16.0. The molecule has 8 nitrogen and oxygen atoms in total. The molecule has 0 N–H and O–H groups in total. The van der Waals surface area contributed by atoms with Crippen LogP contribution in [-0.2, 0) is 20.1 Å². The molecule has 0 fully saturated rings. The molecule has 0 saturated carbocycles. The molecule has 26 heavy (non-hydrogen) atoms. The number of hydrogen-bond donors (Lipinski definition) is 0. The summed E-state index contributed by atoms with van der Waals surface area (Å²) in [5.41, 5.74) is 2.92. The molecular weight excluding hydrogens is 330 g/mol. The summed E-state index contributed by atoms with van der Waals surface area (Å²) in [6, 6.07) is 2.20. The molecule has 1 atom stereocenters. The summed E-state index contributed by atoms with van der Waals surface area (Å²) in [7, 11) is 1.93. The van der Waals surface area contributed by atoms with E-state index in [1.54, 1.807) is 0 Å². The largest absolute Gasteiger partial charge is 0.359 e. The Labute approximate surface area is 152 Å². The molecule has 4 heterocycles. The molecular formula is C18H25N7O. The molecule has 0 spiro atoms. The highest BCUT2D eigenvalue weighted by Gasteiger charge is 2.29. The van der Waals surface area contributed by atoms with Crippen molar-refractivity contribution >= 4 is 0 Å². The minimum Gasteiger partial charge on any atom is -0.359 e. The van der Waals surface area contributed by atoms with Gasteiger partial charge in [0.1, 0.15) is 17.3 Å². The Bertz CT molecular complexity index is 920. The van der Waals surface area contributed by atoms with Gasteiger partial charge >= 0.3 is 0 Å². The lowest BCUT2D eigenvalue weighted by molar-refractivity contribution is 0.139. The maximum absolute atomic E-state index is 5.59. The molecule has 1 aliphatic rings. The van der Waals surface area contributed by atoms with Crippen LogP contribution in [0.15, 0.2) is 16.8 Å². The lowest BCUT2D eigenvalue weighted by Gasteiger charge is -2.33. The monoisotopic (exact) mass is 355 g/mol. The van der Waals surface area contributed by atoms with Gasteiger partial charge in [-0.2, -0.15) is 5.10 Å². The van der Waals surface area contributed by atoms with Crippen LogP contribution < -0.4 is 0 Å². The van der Waals surface area contributed by atoms with E-state index in [1.165, 1.54) is 0 Å². The van der Waals surface area contributed by atoms with Crippen LogP contribution in [0.2, 0.25) is 0 Å². The van der Waals surface area contributed by atoms with Gasteiger partial charge in [-0.05, 0) is 13.8 Å². The molecule has 8 heteroatoms. The number of fused-ring (bicyclic) bond motifs is 1. The molecule has 0 amide bonds. The topological polar surface area (TPSA) is 77.8 Å². The minimum atomic E-state index is 0.192. The van der Waals surface area contributed by atoms with Crippen molar-refractivity contribution in [3.63, 3.8) is 0 Å². The predicted molar refractivity (Wildman–Crippen MR) is 96.4 cm³/mol. The molecule has 1 unspecified atom stereocenters. The molecule has 0 aliphatic carbocycles. The first-order valence-electron chi connectivity index (χ1n) is 9.07. The van der Waals surface area contributed by atoms with Gasteiger partial charge in [0.2, 0.25) is 0 Å². The van der Waals surface area contributed by atoms with E-state index in [-0.39, 0.29) is 6.04 Å². The van der Waals surface area contributed by atoms with Crippen LogP contribution in [0.3, 0.4) is 0 Å². The molecule has 0 aromatic carbocycles. The average molecular weight is 355 g/mol. The molecule has 138 valence electrons. The zero-order valence-corrected chi connectivity index (χ0v) is 16.0. The second kappa shape index (κ2) is 6.35. The maximum atomic E-state index is 5.59. The highest BCUT2D eigenvalue weighted by Crippen LogP contribution is 2.29. The van der Waals surface area contributed by atoms with Gasteiger partial charge in [0.25, 0.3) is 0 Å². The second-order valence-corrected chi connectivity index (χ2v) is 7.31. The van der Waals surface area contributed by atoms with Gasteiger partial charge in [0, 0.05) is 43.4 Å². The van der Waals surface area contributed by atoms with Crippen LogP contribution in [0.25, 0.3) is 11.3 Å². The van der Waals surface area contributed by atoms with Gasteiger partial charge in [-0.3, -0.25) is 9.58 Å². The normalized spacial score (nSPS) is 17.8. The van der Waals surface area contributed by atoms with Crippen molar-refractivity contribution < 1.29 is 4.52 Å². The third-order valence-corrected chi connectivity index (χ3v) is 5.29. The van der Waals surface area contributed by atoms with E-state index in [9.17, 15) is 0 Å². The molecule has 3 aromatic rings. The number of rotatable bonds is 4. The van der Waals surface area contributed by atoms with Crippen LogP contribution in [0.4, 0.5) is 0 Å². The average Bonchev–Trinajstić information content (AvgIpc) is 3.31. The lowest BCUT2D eigenvalue weighted by Crippen LogP contribution is -2.37. The van der Waals surface area contributed by atoms with Crippen molar-refractivity contribution in [2.75, 3.05) is 6.54 Å². The zero-order chi connectivity index (χ0) is 18.4. The first-order valence-corrected chi connectivity index (χ1v) is 9.07. The van der Waals surface area contributed by atoms with Crippen molar-refractivity contribution in [2.24, 2.45) is 7.05 Å². The van der Waals surface area contributed by atoms with Crippen LogP contribution in [-0.4, -0.2) is 41.1 Å². The molecule has 1 aliphatic heterocycles. The van der Waals surface area contributed by atoms with Crippen molar-refractivity contribution in [2.45, 2.75) is 52.7 Å². The van der Waals surface area contributed by atoms with Crippen molar-refractivity contribution in [3.8, 4) is 11.3 Å². The van der Waals surface area contributed by atoms with Crippen LogP contribution in [0.5, 0.6) is 0 Å². The summed E-state index contributed by atoms with van der Waals surface area (Å²) < 4.78 is 9.70. The fraction of sp³-hybridized carbons (Fsp3) is 0.556. The summed E-state index contributed by atoms with van der Waals surface area (Å²) in [5.74, 6) is 3.34. The van der Waals surface area contributed by atoms with Gasteiger partial charge in [-0.25, -0.2) is 0 Å². The van der Waals surface area contributed by atoms with Crippen LogP contribution >= 0.6 is 0 Å². The molecule has 0 bridgehead atoms. The minimum absolute atomic E-state index is 0.192. The van der Waals surface area contributed by atoms with Crippen molar-refractivity contribution in [3.05, 3.63) is 35.4 Å². The third kappa shape index (κ3) is 2.74. The Morgan fingerprint density at radius 1 is 1.27 bits per heavy atom. The van der Waals surface area contributed by atoms with E-state index in [0.717, 1.165) is 47.4 Å². The Morgan fingerprint density at radius 2 is 2.08 bits per heavy atom. The van der Waals surface area contributed by atoms with Crippen LogP contribution in [0, 0.1) is 6.92 Å². The van der Waals surface area contributed by atoms with Crippen LogP contribution in [0.1, 0.15) is 55.8 Å². The summed E-state index contributed by atoms with van der Waals surface area (Å²) in [4.78, 5) is 2.36. The van der Waals surface area contributed by atoms with E-state index < -0.39 is 0 Å². The summed E-state index contributed by atoms with van der Waals surface area (Å²) in [6.45, 7) is 11.1. The number of aromatic nitrogens is 6. The smallest absolute Gasteiger partial charge is 0.151 e. The summed E-state index contributed by atoms with van der Waals surface area (Å²) >= 11 is 0. The Balaban J connectivity index is 1.52. The first kappa shape index (κ1) is 17.0. The van der Waals surface area contributed by atoms with Gasteiger partial charge < -0.3 is 9.09 Å². The highest BCUT2D eigenvalue weighted by molar-refractivity contribution is 5.60. The van der Waals surface area contributed by atoms with Crippen molar-refractivity contribution in [1.82, 2.24) is 34.6 Å². The summed E-state index contributed by atoms with van der Waals surface area (Å²) in [6.07, 6.45) is 1.83. The van der Waals surface area contributed by atoms with E-state index >= 15 is 0 Å². The quantitative estimate of drug-likeness (QED) is 0.716. The fourth-order valence-electron chi connectivity index (χ4n) is 3.56. The molecule has 3 aromatic heterocycles. The van der Waals surface area contributed by atoms with Gasteiger partial charge in [-0.15, -0.1) is 10.2 Å². The fourth-order valence-corrected chi connectivity index (χ4v) is 3.56. The standard InChI is InChI=1S/C18H25N7O/c1-11(2)17-20-21-18-13(4)24(6-7-25(17)18)10-14-8-16(22-26-14)15-9-19-23(5)12(15)3/h8-9,11,13H,6-7,10H2,1-5H3. The Kier molecular flexibility index (Phi) is 4.14. The first-order chi connectivity index (χ1) is 12.5. The SMILES string of the molecule is Cc1c(-c2cc(CN3CCn4c(C(C)C)nnc4C3C)on2)cnn1C. The predicted octanol–water partition coefficient (Wildman–Crippen LogP) is 2.68. The Hall–Kier alpha value is -2.48.